The number of carbonyl (C=O) groups excluding carboxylic acids is 1. The van der Waals surface area contributed by atoms with Gasteiger partial charge in [0.15, 0.2) is 0 Å². The second-order valence-electron chi connectivity index (χ2n) is 5.44. The van der Waals surface area contributed by atoms with Crippen LogP contribution < -0.4 is 11.1 Å². The van der Waals surface area contributed by atoms with Crippen LogP contribution in [0.5, 0.6) is 0 Å². The Kier molecular flexibility index (Phi) is 4.88. The number of nitrogens with two attached hydrogens (primary N) is 1. The maximum atomic E-state index is 12.7. The number of amides is 1. The molecular formula is C13H18F3N3OS. The van der Waals surface area contributed by atoms with E-state index in [1.165, 1.54) is 11.3 Å². The van der Waals surface area contributed by atoms with Crippen molar-refractivity contribution in [2.75, 3.05) is 0 Å². The predicted octanol–water partition coefficient (Wildman–Crippen LogP) is 3.01. The summed E-state index contributed by atoms with van der Waals surface area (Å²) in [6.45, 7) is 1.76. The number of aromatic nitrogens is 1. The van der Waals surface area contributed by atoms with Crippen molar-refractivity contribution in [1.82, 2.24) is 10.3 Å². The van der Waals surface area contributed by atoms with E-state index in [-0.39, 0.29) is 24.6 Å². The summed E-state index contributed by atoms with van der Waals surface area (Å²) < 4.78 is 38.2. The Balaban J connectivity index is 1.95. The lowest BCUT2D eigenvalue weighted by Gasteiger charge is -2.30. The van der Waals surface area contributed by atoms with Crippen LogP contribution in [-0.2, 0) is 0 Å². The maximum Gasteiger partial charge on any atom is 0.391 e. The number of nitrogens with zero attached hydrogens (tertiary/aromatic N) is 1. The van der Waals surface area contributed by atoms with E-state index >= 15 is 0 Å². The summed E-state index contributed by atoms with van der Waals surface area (Å²) in [5.41, 5.74) is 5.89. The number of rotatable bonds is 3. The van der Waals surface area contributed by atoms with Gasteiger partial charge in [-0.05, 0) is 26.2 Å². The Morgan fingerprint density at radius 1 is 1.52 bits per heavy atom. The highest BCUT2D eigenvalue weighted by Gasteiger charge is 2.42. The Hall–Kier alpha value is -1.15. The predicted molar refractivity (Wildman–Crippen MR) is 74.0 cm³/mol. The summed E-state index contributed by atoms with van der Waals surface area (Å²) in [5.74, 6) is -1.75. The first-order valence-electron chi connectivity index (χ1n) is 6.86. The zero-order valence-electron chi connectivity index (χ0n) is 11.6. The van der Waals surface area contributed by atoms with E-state index in [2.05, 4.69) is 10.3 Å². The van der Waals surface area contributed by atoms with Gasteiger partial charge >= 0.3 is 6.18 Å². The highest BCUT2D eigenvalue weighted by molar-refractivity contribution is 7.09. The molecule has 21 heavy (non-hydrogen) atoms. The topological polar surface area (TPSA) is 68.0 Å². The third kappa shape index (κ3) is 4.16. The monoisotopic (exact) mass is 321 g/mol. The third-order valence-corrected chi connectivity index (χ3v) is 4.66. The van der Waals surface area contributed by atoms with Gasteiger partial charge in [0, 0.05) is 11.4 Å². The number of thiazole rings is 1. The van der Waals surface area contributed by atoms with Crippen LogP contribution in [0.3, 0.4) is 0 Å². The number of nitrogens with one attached hydrogen (secondary N) is 1. The first-order valence-corrected chi connectivity index (χ1v) is 7.74. The molecule has 2 rings (SSSR count). The van der Waals surface area contributed by atoms with Crippen molar-refractivity contribution in [2.24, 2.45) is 11.7 Å². The number of hydrogen-bond acceptors (Lipinski definition) is 4. The van der Waals surface area contributed by atoms with E-state index in [0.717, 1.165) is 0 Å². The second kappa shape index (κ2) is 6.31. The average Bonchev–Trinajstić information content (AvgIpc) is 2.88. The smallest absolute Gasteiger partial charge is 0.348 e. The summed E-state index contributed by atoms with van der Waals surface area (Å²) in [6, 6.07) is -0.709. The van der Waals surface area contributed by atoms with Gasteiger partial charge in [-0.15, -0.1) is 11.3 Å². The molecule has 0 bridgehead atoms. The Morgan fingerprint density at radius 2 is 2.24 bits per heavy atom. The van der Waals surface area contributed by atoms with E-state index in [0.29, 0.717) is 17.8 Å². The van der Waals surface area contributed by atoms with Crippen molar-refractivity contribution in [3.8, 4) is 0 Å². The van der Waals surface area contributed by atoms with Gasteiger partial charge in [0.05, 0.1) is 12.0 Å². The van der Waals surface area contributed by atoms with Crippen LogP contribution in [0.4, 0.5) is 13.2 Å². The lowest BCUT2D eigenvalue weighted by molar-refractivity contribution is -0.183. The molecule has 1 saturated carbocycles. The summed E-state index contributed by atoms with van der Waals surface area (Å²) in [4.78, 5) is 16.1. The molecule has 1 heterocycles. The molecule has 1 amide bonds. The molecule has 0 aromatic carbocycles. The molecule has 1 aliphatic carbocycles. The van der Waals surface area contributed by atoms with Crippen LogP contribution in [0.15, 0.2) is 5.38 Å². The molecule has 1 fully saturated rings. The largest absolute Gasteiger partial charge is 0.391 e. The highest BCUT2D eigenvalue weighted by Crippen LogP contribution is 2.37. The Labute approximate surface area is 124 Å². The molecule has 4 nitrogen and oxygen atoms in total. The van der Waals surface area contributed by atoms with E-state index in [1.807, 2.05) is 0 Å². The SMILES string of the molecule is CC(N)c1nc(C(=O)NC2CCCC(C(F)(F)F)C2)cs1. The van der Waals surface area contributed by atoms with Crippen LogP contribution >= 0.6 is 11.3 Å². The average molecular weight is 321 g/mol. The van der Waals surface area contributed by atoms with Crippen molar-refractivity contribution in [3.63, 3.8) is 0 Å². The van der Waals surface area contributed by atoms with Gasteiger partial charge in [-0.1, -0.05) is 6.42 Å². The lowest BCUT2D eigenvalue weighted by Crippen LogP contribution is -2.41. The minimum atomic E-state index is -4.19. The van der Waals surface area contributed by atoms with Crippen molar-refractivity contribution >= 4 is 17.2 Å². The number of alkyl halides is 3. The minimum Gasteiger partial charge on any atom is -0.348 e. The van der Waals surface area contributed by atoms with E-state index in [9.17, 15) is 18.0 Å². The molecule has 1 aromatic rings. The van der Waals surface area contributed by atoms with Crippen LogP contribution in [-0.4, -0.2) is 23.1 Å². The van der Waals surface area contributed by atoms with Crippen LogP contribution in [0.2, 0.25) is 0 Å². The zero-order valence-corrected chi connectivity index (χ0v) is 12.4. The maximum absolute atomic E-state index is 12.7. The van der Waals surface area contributed by atoms with Gasteiger partial charge in [0.2, 0.25) is 0 Å². The van der Waals surface area contributed by atoms with Gasteiger partial charge in [-0.25, -0.2) is 4.98 Å². The molecular weight excluding hydrogens is 303 g/mol. The number of carbonyl (C=O) groups is 1. The highest BCUT2D eigenvalue weighted by atomic mass is 32.1. The standard InChI is InChI=1S/C13H18F3N3OS/c1-7(17)12-19-10(6-21-12)11(20)18-9-4-2-3-8(5-9)13(14,15)16/h6-9H,2-5,17H2,1H3,(H,18,20). The van der Waals surface area contributed by atoms with Crippen LogP contribution in [0.1, 0.15) is 54.1 Å². The van der Waals surface area contributed by atoms with Gasteiger partial charge in [-0.2, -0.15) is 13.2 Å². The van der Waals surface area contributed by atoms with E-state index in [1.54, 1.807) is 12.3 Å². The lowest BCUT2D eigenvalue weighted by atomic mass is 9.85. The molecule has 1 aromatic heterocycles. The fraction of sp³-hybridized carbons (Fsp3) is 0.692. The van der Waals surface area contributed by atoms with Crippen LogP contribution in [0, 0.1) is 5.92 Å². The molecule has 3 unspecified atom stereocenters. The van der Waals surface area contributed by atoms with Crippen molar-refractivity contribution in [2.45, 2.75) is 50.9 Å². The van der Waals surface area contributed by atoms with E-state index < -0.39 is 24.0 Å². The molecule has 8 heteroatoms. The second-order valence-corrected chi connectivity index (χ2v) is 6.32. The molecule has 3 N–H and O–H groups in total. The first-order chi connectivity index (χ1) is 9.77. The summed E-state index contributed by atoms with van der Waals surface area (Å²) in [7, 11) is 0. The summed E-state index contributed by atoms with van der Waals surface area (Å²) in [5, 5.41) is 4.87. The van der Waals surface area contributed by atoms with Gasteiger partial charge in [0.25, 0.3) is 5.91 Å². The number of hydrogen-bond donors (Lipinski definition) is 2. The van der Waals surface area contributed by atoms with E-state index in [4.69, 9.17) is 5.73 Å². The Bertz CT molecular complexity index is 501. The minimum absolute atomic E-state index is 0.0560. The van der Waals surface area contributed by atoms with Gasteiger partial charge in [-0.3, -0.25) is 4.79 Å². The molecule has 0 radical (unpaired) electrons. The number of halogens is 3. The summed E-state index contributed by atoms with van der Waals surface area (Å²) in [6.07, 6.45) is -3.06. The molecule has 1 aliphatic rings. The van der Waals surface area contributed by atoms with Crippen molar-refractivity contribution in [3.05, 3.63) is 16.1 Å². The molecule has 118 valence electrons. The van der Waals surface area contributed by atoms with Crippen LogP contribution in [0.25, 0.3) is 0 Å². The fourth-order valence-corrected chi connectivity index (χ4v) is 3.24. The fourth-order valence-electron chi connectivity index (χ4n) is 2.48. The quantitative estimate of drug-likeness (QED) is 0.899. The first kappa shape index (κ1) is 16.2. The Morgan fingerprint density at radius 3 is 2.81 bits per heavy atom. The third-order valence-electron chi connectivity index (χ3n) is 3.62. The van der Waals surface area contributed by atoms with Gasteiger partial charge in [0.1, 0.15) is 10.7 Å². The molecule has 0 aliphatic heterocycles. The molecule has 3 atom stereocenters. The van der Waals surface area contributed by atoms with Crippen molar-refractivity contribution in [1.29, 1.82) is 0 Å². The summed E-state index contributed by atoms with van der Waals surface area (Å²) >= 11 is 1.28. The molecule has 0 saturated heterocycles. The normalized spacial score (nSPS) is 24.6. The zero-order chi connectivity index (χ0) is 15.6. The van der Waals surface area contributed by atoms with Crippen molar-refractivity contribution < 1.29 is 18.0 Å². The molecule has 0 spiro atoms. The van der Waals surface area contributed by atoms with Gasteiger partial charge < -0.3 is 11.1 Å².